The maximum Gasteiger partial charge on any atom is 0.293 e. The molecule has 6 heteroatoms. The zero-order valence-electron chi connectivity index (χ0n) is 7.67. The summed E-state index contributed by atoms with van der Waals surface area (Å²) in [7, 11) is 0. The Bertz CT molecular complexity index is 409. The maximum atomic E-state index is 13.2. The third-order valence-electron chi connectivity index (χ3n) is 1.67. The molecule has 0 radical (unpaired) electrons. The van der Waals surface area contributed by atoms with Gasteiger partial charge in [0.25, 0.3) is 5.69 Å². The molecule has 0 amide bonds. The standard InChI is InChI=1S/C9H8FIN2O2/c1-2-3-12-8-4-6(10)7(11)5-9(8)13(14)15/h2,4-5,12H,1,3H2. The molecule has 4 nitrogen and oxygen atoms in total. The van der Waals surface area contributed by atoms with Gasteiger partial charge in [-0.15, -0.1) is 6.58 Å². The van der Waals surface area contributed by atoms with Crippen molar-refractivity contribution in [1.82, 2.24) is 0 Å². The van der Waals surface area contributed by atoms with E-state index in [1.54, 1.807) is 28.7 Å². The van der Waals surface area contributed by atoms with Crippen LogP contribution in [0.15, 0.2) is 24.8 Å². The van der Waals surface area contributed by atoms with E-state index in [4.69, 9.17) is 0 Å². The van der Waals surface area contributed by atoms with Gasteiger partial charge in [-0.05, 0) is 22.6 Å². The fraction of sp³-hybridized carbons (Fsp3) is 0.111. The van der Waals surface area contributed by atoms with Crippen molar-refractivity contribution in [3.05, 3.63) is 44.3 Å². The second-order valence-electron chi connectivity index (χ2n) is 2.71. The number of benzene rings is 1. The highest BCUT2D eigenvalue weighted by atomic mass is 127. The lowest BCUT2D eigenvalue weighted by molar-refractivity contribution is -0.384. The molecule has 0 saturated carbocycles. The van der Waals surface area contributed by atoms with Crippen molar-refractivity contribution in [2.24, 2.45) is 0 Å². The number of nitrogens with zero attached hydrogens (tertiary/aromatic N) is 1. The van der Waals surface area contributed by atoms with Gasteiger partial charge in [-0.3, -0.25) is 10.1 Å². The summed E-state index contributed by atoms with van der Waals surface area (Å²) in [5.41, 5.74) is 0.0282. The molecule has 0 aliphatic rings. The van der Waals surface area contributed by atoms with Gasteiger partial charge in [-0.2, -0.15) is 0 Å². The maximum absolute atomic E-state index is 13.2. The average Bonchev–Trinajstić information content (AvgIpc) is 2.19. The van der Waals surface area contributed by atoms with Gasteiger partial charge in [0.15, 0.2) is 0 Å². The highest BCUT2D eigenvalue weighted by Gasteiger charge is 2.16. The Labute approximate surface area is 99.5 Å². The van der Waals surface area contributed by atoms with Crippen LogP contribution in [-0.2, 0) is 0 Å². The number of hydrogen-bond donors (Lipinski definition) is 1. The first-order valence-electron chi connectivity index (χ1n) is 4.04. The summed E-state index contributed by atoms with van der Waals surface area (Å²) in [6.07, 6.45) is 1.54. The lowest BCUT2D eigenvalue weighted by atomic mass is 10.2. The molecule has 0 aliphatic carbocycles. The van der Waals surface area contributed by atoms with Gasteiger partial charge in [-0.25, -0.2) is 4.39 Å². The topological polar surface area (TPSA) is 55.2 Å². The molecule has 0 spiro atoms. The summed E-state index contributed by atoms with van der Waals surface area (Å²) in [6, 6.07) is 2.31. The van der Waals surface area contributed by atoms with E-state index in [0.717, 1.165) is 6.07 Å². The second-order valence-corrected chi connectivity index (χ2v) is 3.87. The Morgan fingerprint density at radius 3 is 2.87 bits per heavy atom. The molecule has 1 rings (SSSR count). The Morgan fingerprint density at radius 2 is 2.33 bits per heavy atom. The van der Waals surface area contributed by atoms with Crippen molar-refractivity contribution in [2.45, 2.75) is 0 Å². The zero-order chi connectivity index (χ0) is 11.4. The monoisotopic (exact) mass is 322 g/mol. The van der Waals surface area contributed by atoms with E-state index >= 15 is 0 Å². The Hall–Kier alpha value is -1.18. The molecular weight excluding hydrogens is 314 g/mol. The summed E-state index contributed by atoms with van der Waals surface area (Å²) in [4.78, 5) is 10.1. The molecule has 80 valence electrons. The summed E-state index contributed by atoms with van der Waals surface area (Å²) in [6.45, 7) is 3.81. The molecule has 0 saturated heterocycles. The SMILES string of the molecule is C=CCNc1cc(F)c(I)cc1[N+](=O)[O-]. The number of rotatable bonds is 4. The summed E-state index contributed by atoms with van der Waals surface area (Å²) < 4.78 is 13.4. The number of hydrogen-bond acceptors (Lipinski definition) is 3. The third-order valence-corrected chi connectivity index (χ3v) is 2.50. The van der Waals surface area contributed by atoms with Crippen LogP contribution in [0.1, 0.15) is 0 Å². The minimum absolute atomic E-state index is 0.136. The van der Waals surface area contributed by atoms with Crippen LogP contribution >= 0.6 is 22.6 Å². The van der Waals surface area contributed by atoms with Gasteiger partial charge in [0.2, 0.25) is 0 Å². The van der Waals surface area contributed by atoms with E-state index in [-0.39, 0.29) is 14.9 Å². The summed E-state index contributed by atoms with van der Waals surface area (Å²) in [5.74, 6) is -0.479. The molecule has 1 aromatic rings. The van der Waals surface area contributed by atoms with Crippen molar-refractivity contribution >= 4 is 34.0 Å². The van der Waals surface area contributed by atoms with E-state index < -0.39 is 10.7 Å². The molecule has 0 heterocycles. The third kappa shape index (κ3) is 2.88. The van der Waals surface area contributed by atoms with Gasteiger partial charge >= 0.3 is 0 Å². The van der Waals surface area contributed by atoms with E-state index in [9.17, 15) is 14.5 Å². The highest BCUT2D eigenvalue weighted by molar-refractivity contribution is 14.1. The number of nitro benzene ring substituents is 1. The van der Waals surface area contributed by atoms with E-state index in [2.05, 4.69) is 11.9 Å². The Kier molecular flexibility index (Phi) is 4.01. The predicted molar refractivity (Wildman–Crippen MR) is 64.5 cm³/mol. The van der Waals surface area contributed by atoms with Crippen molar-refractivity contribution in [2.75, 3.05) is 11.9 Å². The predicted octanol–water partition coefficient (Wildman–Crippen LogP) is 2.94. The molecular formula is C9H8FIN2O2. The summed E-state index contributed by atoms with van der Waals surface area (Å²) >= 11 is 1.71. The van der Waals surface area contributed by atoms with E-state index in [1.807, 2.05) is 0 Å². The fourth-order valence-electron chi connectivity index (χ4n) is 1.01. The minimum Gasteiger partial charge on any atom is -0.376 e. The van der Waals surface area contributed by atoms with Crippen LogP contribution in [0.5, 0.6) is 0 Å². The normalized spacial score (nSPS) is 9.73. The molecule has 0 unspecified atom stereocenters. The van der Waals surface area contributed by atoms with Crippen LogP contribution in [0, 0.1) is 19.5 Å². The molecule has 1 aromatic carbocycles. The molecule has 15 heavy (non-hydrogen) atoms. The van der Waals surface area contributed by atoms with Gasteiger partial charge < -0.3 is 5.32 Å². The zero-order valence-corrected chi connectivity index (χ0v) is 9.82. The first-order chi connectivity index (χ1) is 7.06. The highest BCUT2D eigenvalue weighted by Crippen LogP contribution is 2.28. The van der Waals surface area contributed by atoms with Crippen molar-refractivity contribution in [1.29, 1.82) is 0 Å². The second kappa shape index (κ2) is 5.06. The number of nitro groups is 1. The molecule has 0 bridgehead atoms. The smallest absolute Gasteiger partial charge is 0.293 e. The van der Waals surface area contributed by atoms with Gasteiger partial charge in [-0.1, -0.05) is 6.08 Å². The van der Waals surface area contributed by atoms with Crippen LogP contribution in [-0.4, -0.2) is 11.5 Å². The first-order valence-corrected chi connectivity index (χ1v) is 5.12. The van der Waals surface area contributed by atoms with Crippen LogP contribution in [0.2, 0.25) is 0 Å². The van der Waals surface area contributed by atoms with Crippen molar-refractivity contribution < 1.29 is 9.31 Å². The fourth-order valence-corrected chi connectivity index (χ4v) is 1.46. The summed E-state index contributed by atoms with van der Waals surface area (Å²) in [5, 5.41) is 13.4. The first kappa shape index (κ1) is 11.9. The average molecular weight is 322 g/mol. The van der Waals surface area contributed by atoms with Crippen LogP contribution in [0.4, 0.5) is 15.8 Å². The quantitative estimate of drug-likeness (QED) is 0.401. The lowest BCUT2D eigenvalue weighted by Crippen LogP contribution is -2.03. The van der Waals surface area contributed by atoms with Gasteiger partial charge in [0.1, 0.15) is 11.5 Å². The van der Waals surface area contributed by atoms with Crippen LogP contribution in [0.25, 0.3) is 0 Å². The Morgan fingerprint density at radius 1 is 1.67 bits per heavy atom. The number of halogens is 2. The molecule has 0 aromatic heterocycles. The van der Waals surface area contributed by atoms with E-state index in [1.165, 1.54) is 6.07 Å². The Balaban J connectivity index is 3.15. The number of nitrogens with one attached hydrogen (secondary N) is 1. The largest absolute Gasteiger partial charge is 0.376 e. The molecule has 0 fully saturated rings. The van der Waals surface area contributed by atoms with E-state index in [0.29, 0.717) is 6.54 Å². The number of anilines is 1. The van der Waals surface area contributed by atoms with Crippen LogP contribution < -0.4 is 5.32 Å². The molecule has 0 aliphatic heterocycles. The van der Waals surface area contributed by atoms with Gasteiger partial charge in [0, 0.05) is 18.7 Å². The lowest BCUT2D eigenvalue weighted by Gasteiger charge is -2.05. The van der Waals surface area contributed by atoms with Crippen LogP contribution in [0.3, 0.4) is 0 Å². The molecule has 0 atom stereocenters. The molecule has 1 N–H and O–H groups in total. The minimum atomic E-state index is -0.549. The van der Waals surface area contributed by atoms with Gasteiger partial charge in [0.05, 0.1) is 8.49 Å². The van der Waals surface area contributed by atoms with Crippen molar-refractivity contribution in [3.63, 3.8) is 0 Å². The van der Waals surface area contributed by atoms with Crippen molar-refractivity contribution in [3.8, 4) is 0 Å².